The number of benzene rings is 1. The predicted molar refractivity (Wildman–Crippen MR) is 55.0 cm³/mol. The van der Waals surface area contributed by atoms with Gasteiger partial charge in [-0.05, 0) is 18.6 Å². The van der Waals surface area contributed by atoms with Gasteiger partial charge in [-0.15, -0.1) is 0 Å². The molecule has 3 nitrogen and oxygen atoms in total. The molecule has 1 atom stereocenters. The minimum absolute atomic E-state index is 0.0249. The number of rotatable bonds is 1. The van der Waals surface area contributed by atoms with Crippen LogP contribution in [0.3, 0.4) is 0 Å². The molecule has 0 aliphatic heterocycles. The number of thiazole rings is 1. The van der Waals surface area contributed by atoms with Crippen molar-refractivity contribution in [2.24, 2.45) is 5.73 Å². The fraction of sp³-hybridized carbons (Fsp3) is 0.222. The highest BCUT2D eigenvalue weighted by atomic mass is 32.1. The molecule has 0 bridgehead atoms. The number of H-pyrrole nitrogens is 1. The molecular formula is C9H10N2OS. The molecule has 4 heteroatoms. The van der Waals surface area contributed by atoms with E-state index in [0.29, 0.717) is 0 Å². The Morgan fingerprint density at radius 1 is 1.54 bits per heavy atom. The van der Waals surface area contributed by atoms with Crippen LogP contribution in [0.5, 0.6) is 0 Å². The van der Waals surface area contributed by atoms with E-state index < -0.39 is 0 Å². The molecule has 2 aromatic rings. The third-order valence-corrected chi connectivity index (χ3v) is 2.91. The Kier molecular flexibility index (Phi) is 1.94. The van der Waals surface area contributed by atoms with Crippen molar-refractivity contribution < 1.29 is 0 Å². The fourth-order valence-electron chi connectivity index (χ4n) is 1.35. The van der Waals surface area contributed by atoms with Gasteiger partial charge in [0, 0.05) is 6.04 Å². The van der Waals surface area contributed by atoms with E-state index in [1.54, 1.807) is 0 Å². The number of hydrogen-bond acceptors (Lipinski definition) is 3. The highest BCUT2D eigenvalue weighted by Gasteiger charge is 2.07. The molecule has 0 saturated heterocycles. The Morgan fingerprint density at radius 3 is 3.00 bits per heavy atom. The Hall–Kier alpha value is -1.13. The van der Waals surface area contributed by atoms with E-state index in [-0.39, 0.29) is 10.9 Å². The zero-order valence-electron chi connectivity index (χ0n) is 7.20. The van der Waals surface area contributed by atoms with Gasteiger partial charge in [0.2, 0.25) is 0 Å². The second-order valence-electron chi connectivity index (χ2n) is 3.03. The van der Waals surface area contributed by atoms with Gasteiger partial charge in [-0.3, -0.25) is 4.79 Å². The molecule has 0 spiro atoms. The van der Waals surface area contributed by atoms with E-state index in [0.717, 1.165) is 15.8 Å². The summed E-state index contributed by atoms with van der Waals surface area (Å²) in [5.41, 5.74) is 7.69. The molecule has 68 valence electrons. The van der Waals surface area contributed by atoms with Gasteiger partial charge in [0.1, 0.15) is 0 Å². The van der Waals surface area contributed by atoms with Gasteiger partial charge in [-0.25, -0.2) is 0 Å². The maximum absolute atomic E-state index is 11.1. The van der Waals surface area contributed by atoms with E-state index in [4.69, 9.17) is 5.73 Å². The molecule has 13 heavy (non-hydrogen) atoms. The number of hydrogen-bond donors (Lipinski definition) is 2. The van der Waals surface area contributed by atoms with Crippen LogP contribution in [0, 0.1) is 0 Å². The number of aromatic amines is 1. The molecule has 1 aromatic carbocycles. The molecule has 0 amide bonds. The zero-order valence-corrected chi connectivity index (χ0v) is 8.02. The number of aromatic nitrogens is 1. The summed E-state index contributed by atoms with van der Waals surface area (Å²) in [5.74, 6) is 0. The summed E-state index contributed by atoms with van der Waals surface area (Å²) in [7, 11) is 0. The number of nitrogens with one attached hydrogen (secondary N) is 1. The standard InChI is InChI=1S/C9H10N2OS/c1-5(10)6-3-2-4-7-8(6)13-9(12)11-7/h2-5H,10H2,1H3,(H,11,12). The maximum Gasteiger partial charge on any atom is 0.305 e. The Morgan fingerprint density at radius 2 is 2.31 bits per heavy atom. The van der Waals surface area contributed by atoms with Crippen molar-refractivity contribution in [2.75, 3.05) is 0 Å². The second kappa shape index (κ2) is 2.97. The molecule has 0 aliphatic carbocycles. The molecule has 1 aromatic heterocycles. The van der Waals surface area contributed by atoms with Crippen LogP contribution in [0.1, 0.15) is 18.5 Å². The van der Waals surface area contributed by atoms with E-state index >= 15 is 0 Å². The van der Waals surface area contributed by atoms with Gasteiger partial charge in [-0.2, -0.15) is 0 Å². The smallest absolute Gasteiger partial charge is 0.305 e. The quantitative estimate of drug-likeness (QED) is 0.724. The molecule has 0 fully saturated rings. The van der Waals surface area contributed by atoms with Crippen LogP contribution >= 0.6 is 11.3 Å². The first-order chi connectivity index (χ1) is 6.18. The largest absolute Gasteiger partial charge is 0.324 e. The van der Waals surface area contributed by atoms with Crippen molar-refractivity contribution in [3.8, 4) is 0 Å². The van der Waals surface area contributed by atoms with Crippen molar-refractivity contribution in [1.82, 2.24) is 4.98 Å². The van der Waals surface area contributed by atoms with E-state index in [1.165, 1.54) is 11.3 Å². The summed E-state index contributed by atoms with van der Waals surface area (Å²) in [6, 6.07) is 5.72. The second-order valence-corrected chi connectivity index (χ2v) is 4.01. The van der Waals surface area contributed by atoms with Gasteiger partial charge in [0.05, 0.1) is 10.2 Å². The maximum atomic E-state index is 11.1. The minimum atomic E-state index is -0.0323. The highest BCUT2D eigenvalue weighted by Crippen LogP contribution is 2.23. The average molecular weight is 194 g/mol. The monoisotopic (exact) mass is 194 g/mol. The Labute approximate surface area is 79.2 Å². The van der Waals surface area contributed by atoms with Gasteiger partial charge in [0.25, 0.3) is 0 Å². The first kappa shape index (κ1) is 8.47. The third-order valence-electron chi connectivity index (χ3n) is 1.97. The summed E-state index contributed by atoms with van der Waals surface area (Å²) >= 11 is 1.22. The van der Waals surface area contributed by atoms with Gasteiger partial charge < -0.3 is 10.7 Å². The molecular weight excluding hydrogens is 184 g/mol. The molecule has 0 radical (unpaired) electrons. The summed E-state index contributed by atoms with van der Waals surface area (Å²) in [6.07, 6.45) is 0. The van der Waals surface area contributed by atoms with E-state index in [9.17, 15) is 4.79 Å². The summed E-state index contributed by atoms with van der Waals surface area (Å²) in [6.45, 7) is 1.92. The van der Waals surface area contributed by atoms with E-state index in [1.807, 2.05) is 25.1 Å². The third kappa shape index (κ3) is 1.38. The van der Waals surface area contributed by atoms with Gasteiger partial charge >= 0.3 is 4.87 Å². The van der Waals surface area contributed by atoms with E-state index in [2.05, 4.69) is 4.98 Å². The van der Waals surface area contributed by atoms with Crippen LogP contribution in [0.25, 0.3) is 10.2 Å². The molecule has 1 heterocycles. The number of nitrogens with two attached hydrogens (primary N) is 1. The van der Waals surface area contributed by atoms with Crippen LogP contribution in [0.2, 0.25) is 0 Å². The van der Waals surface area contributed by atoms with Crippen LogP contribution in [-0.2, 0) is 0 Å². The fourth-order valence-corrected chi connectivity index (χ4v) is 2.30. The lowest BCUT2D eigenvalue weighted by atomic mass is 10.1. The first-order valence-electron chi connectivity index (χ1n) is 4.06. The van der Waals surface area contributed by atoms with Crippen molar-refractivity contribution in [3.63, 3.8) is 0 Å². The molecule has 1 unspecified atom stereocenters. The van der Waals surface area contributed by atoms with Gasteiger partial charge in [-0.1, -0.05) is 23.5 Å². The highest BCUT2D eigenvalue weighted by molar-refractivity contribution is 7.16. The minimum Gasteiger partial charge on any atom is -0.324 e. The summed E-state index contributed by atoms with van der Waals surface area (Å²) in [4.78, 5) is 13.8. The lowest BCUT2D eigenvalue weighted by molar-refractivity contribution is 0.828. The normalized spacial score (nSPS) is 13.4. The molecule has 0 saturated carbocycles. The topological polar surface area (TPSA) is 58.9 Å². The zero-order chi connectivity index (χ0) is 9.42. The summed E-state index contributed by atoms with van der Waals surface area (Å²) < 4.78 is 0.975. The SMILES string of the molecule is CC(N)c1cccc2[nH]c(=O)sc12. The lowest BCUT2D eigenvalue weighted by Crippen LogP contribution is -2.04. The lowest BCUT2D eigenvalue weighted by Gasteiger charge is -2.04. The van der Waals surface area contributed by atoms with Crippen LogP contribution < -0.4 is 10.6 Å². The van der Waals surface area contributed by atoms with Crippen molar-refractivity contribution in [1.29, 1.82) is 0 Å². The van der Waals surface area contributed by atoms with Crippen molar-refractivity contribution in [2.45, 2.75) is 13.0 Å². The Bertz CT molecular complexity index is 484. The van der Waals surface area contributed by atoms with Gasteiger partial charge in [0.15, 0.2) is 0 Å². The van der Waals surface area contributed by atoms with Crippen LogP contribution in [0.15, 0.2) is 23.0 Å². The summed E-state index contributed by atoms with van der Waals surface area (Å²) in [5, 5.41) is 0. The van der Waals surface area contributed by atoms with Crippen molar-refractivity contribution in [3.05, 3.63) is 33.4 Å². The Balaban J connectivity index is 2.82. The number of fused-ring (bicyclic) bond motifs is 1. The average Bonchev–Trinajstić information content (AvgIpc) is 2.43. The molecule has 3 N–H and O–H groups in total. The van der Waals surface area contributed by atoms with Crippen molar-refractivity contribution >= 4 is 21.6 Å². The van der Waals surface area contributed by atoms with Crippen LogP contribution in [0.4, 0.5) is 0 Å². The molecule has 2 rings (SSSR count). The molecule has 0 aliphatic rings. The van der Waals surface area contributed by atoms with Crippen LogP contribution in [-0.4, -0.2) is 4.98 Å². The first-order valence-corrected chi connectivity index (χ1v) is 4.87. The predicted octanol–water partition coefficient (Wildman–Crippen LogP) is 1.61.